The van der Waals surface area contributed by atoms with Gasteiger partial charge in [0.2, 0.25) is 5.91 Å². The number of rotatable bonds is 7. The molecule has 1 amide bonds. The summed E-state index contributed by atoms with van der Waals surface area (Å²) in [6, 6.07) is -1.25. The molecule has 5 heteroatoms. The van der Waals surface area contributed by atoms with Gasteiger partial charge < -0.3 is 16.2 Å². The van der Waals surface area contributed by atoms with E-state index in [1.54, 1.807) is 0 Å². The quantitative estimate of drug-likeness (QED) is 0.537. The fraction of sp³-hybridized carbons (Fsp3) is 0.636. The molecule has 0 fully saturated rings. The van der Waals surface area contributed by atoms with Gasteiger partial charge in [-0.1, -0.05) is 13.3 Å². The second kappa shape index (κ2) is 7.71. The van der Waals surface area contributed by atoms with E-state index in [-0.39, 0.29) is 24.8 Å². The molecule has 5 nitrogen and oxygen atoms in total. The molecular weight excluding hydrogens is 208 g/mol. The Morgan fingerprint density at radius 1 is 1.56 bits per heavy atom. The summed E-state index contributed by atoms with van der Waals surface area (Å²) in [7, 11) is 0. The maximum atomic E-state index is 11.4. The molecule has 0 aromatic heterocycles. The highest BCUT2D eigenvalue weighted by Crippen LogP contribution is 1.99. The van der Waals surface area contributed by atoms with Crippen molar-refractivity contribution in [3.8, 4) is 12.3 Å². The van der Waals surface area contributed by atoms with E-state index in [9.17, 15) is 9.59 Å². The van der Waals surface area contributed by atoms with Crippen LogP contribution >= 0.6 is 0 Å². The number of terminal acetylenes is 1. The lowest BCUT2D eigenvalue weighted by Crippen LogP contribution is -2.42. The fourth-order valence-electron chi connectivity index (χ4n) is 1.28. The number of amides is 1. The van der Waals surface area contributed by atoms with Crippen LogP contribution in [0.3, 0.4) is 0 Å². The molecule has 2 atom stereocenters. The van der Waals surface area contributed by atoms with E-state index >= 15 is 0 Å². The molecule has 0 heterocycles. The van der Waals surface area contributed by atoms with Crippen LogP contribution in [0.5, 0.6) is 0 Å². The minimum absolute atomic E-state index is 0.0237. The Bertz CT molecular complexity index is 283. The van der Waals surface area contributed by atoms with E-state index in [4.69, 9.17) is 17.3 Å². The largest absolute Gasteiger partial charge is 0.480 e. The van der Waals surface area contributed by atoms with Crippen molar-refractivity contribution in [2.24, 2.45) is 5.73 Å². The van der Waals surface area contributed by atoms with Crippen molar-refractivity contribution >= 4 is 11.9 Å². The normalized spacial score (nSPS) is 13.6. The number of hydrogen-bond acceptors (Lipinski definition) is 3. The molecule has 0 aromatic carbocycles. The van der Waals surface area contributed by atoms with Gasteiger partial charge in [0.05, 0.1) is 0 Å². The van der Waals surface area contributed by atoms with Crippen LogP contribution in [-0.4, -0.2) is 29.1 Å². The first-order valence-corrected chi connectivity index (χ1v) is 5.22. The van der Waals surface area contributed by atoms with Crippen molar-refractivity contribution < 1.29 is 14.7 Å². The summed E-state index contributed by atoms with van der Waals surface area (Å²) in [5, 5.41) is 11.1. The molecule has 0 aliphatic carbocycles. The van der Waals surface area contributed by atoms with Crippen LogP contribution in [0.2, 0.25) is 0 Å². The Morgan fingerprint density at radius 3 is 2.62 bits per heavy atom. The number of nitrogens with one attached hydrogen (secondary N) is 1. The van der Waals surface area contributed by atoms with Gasteiger partial charge in [-0.2, -0.15) is 0 Å². The third-order valence-corrected chi connectivity index (χ3v) is 2.06. The highest BCUT2D eigenvalue weighted by Gasteiger charge is 2.19. The van der Waals surface area contributed by atoms with Crippen molar-refractivity contribution in [1.29, 1.82) is 0 Å². The maximum Gasteiger partial charge on any atom is 0.327 e. The van der Waals surface area contributed by atoms with Crippen LogP contribution < -0.4 is 11.1 Å². The van der Waals surface area contributed by atoms with Crippen molar-refractivity contribution in [2.45, 2.75) is 44.7 Å². The monoisotopic (exact) mass is 226 g/mol. The number of carboxylic acid groups (broad SMARTS) is 1. The molecule has 0 aliphatic rings. The van der Waals surface area contributed by atoms with Crippen LogP contribution in [0.25, 0.3) is 0 Å². The predicted octanol–water partition coefficient (Wildman–Crippen LogP) is 0.0966. The van der Waals surface area contributed by atoms with E-state index in [2.05, 4.69) is 11.2 Å². The summed E-state index contributed by atoms with van der Waals surface area (Å²) < 4.78 is 0. The molecule has 0 aliphatic heterocycles. The first kappa shape index (κ1) is 14.5. The molecule has 0 saturated heterocycles. The zero-order chi connectivity index (χ0) is 12.6. The van der Waals surface area contributed by atoms with Crippen LogP contribution in [0, 0.1) is 12.3 Å². The molecule has 16 heavy (non-hydrogen) atoms. The van der Waals surface area contributed by atoms with Gasteiger partial charge in [-0.05, 0) is 6.42 Å². The van der Waals surface area contributed by atoms with E-state index in [1.165, 1.54) is 0 Å². The maximum absolute atomic E-state index is 11.4. The Labute approximate surface area is 95.4 Å². The van der Waals surface area contributed by atoms with Gasteiger partial charge in [-0.25, -0.2) is 4.79 Å². The minimum atomic E-state index is -1.13. The highest BCUT2D eigenvalue weighted by molar-refractivity contribution is 5.84. The number of carboxylic acids is 1. The summed E-state index contributed by atoms with van der Waals surface area (Å²) in [4.78, 5) is 22.1. The van der Waals surface area contributed by atoms with Gasteiger partial charge in [0.15, 0.2) is 0 Å². The van der Waals surface area contributed by atoms with Gasteiger partial charge >= 0.3 is 5.97 Å². The van der Waals surface area contributed by atoms with E-state index < -0.39 is 12.0 Å². The summed E-state index contributed by atoms with van der Waals surface area (Å²) >= 11 is 0. The van der Waals surface area contributed by atoms with Crippen LogP contribution in [0.15, 0.2) is 0 Å². The number of hydrogen-bond donors (Lipinski definition) is 3. The van der Waals surface area contributed by atoms with Gasteiger partial charge in [0.1, 0.15) is 6.04 Å². The summed E-state index contributed by atoms with van der Waals surface area (Å²) in [6.45, 7) is 1.97. The van der Waals surface area contributed by atoms with Gasteiger partial charge in [0.25, 0.3) is 0 Å². The number of carbonyl (C=O) groups is 2. The predicted molar refractivity (Wildman–Crippen MR) is 60.5 cm³/mol. The average molecular weight is 226 g/mol. The lowest BCUT2D eigenvalue weighted by Gasteiger charge is -2.14. The molecule has 90 valence electrons. The van der Waals surface area contributed by atoms with E-state index in [0.29, 0.717) is 0 Å². The van der Waals surface area contributed by atoms with Gasteiger partial charge in [-0.3, -0.25) is 4.79 Å². The molecule has 4 N–H and O–H groups in total. The van der Waals surface area contributed by atoms with Crippen molar-refractivity contribution in [3.63, 3.8) is 0 Å². The van der Waals surface area contributed by atoms with Gasteiger partial charge in [0, 0.05) is 18.9 Å². The van der Waals surface area contributed by atoms with Crippen molar-refractivity contribution in [1.82, 2.24) is 5.32 Å². The zero-order valence-corrected chi connectivity index (χ0v) is 9.40. The number of carbonyl (C=O) groups excluding carboxylic acids is 1. The molecular formula is C11H18N2O3. The smallest absolute Gasteiger partial charge is 0.327 e. The molecule has 0 bridgehead atoms. The number of nitrogens with two attached hydrogens (primary N) is 1. The lowest BCUT2D eigenvalue weighted by molar-refractivity contribution is -0.141. The third kappa shape index (κ3) is 6.04. The molecule has 0 radical (unpaired) electrons. The molecule has 0 saturated carbocycles. The Morgan fingerprint density at radius 2 is 2.19 bits per heavy atom. The standard InChI is InChI=1S/C11H18N2O3/c1-3-5-8(12)7-10(14)13-9(6-4-2)11(15)16/h2,8-9H,3,5-7,12H2,1H3,(H,13,14)(H,15,16). The Kier molecular flexibility index (Phi) is 6.97. The van der Waals surface area contributed by atoms with Crippen molar-refractivity contribution in [2.75, 3.05) is 0 Å². The molecule has 0 rings (SSSR count). The van der Waals surface area contributed by atoms with Crippen LogP contribution in [0.1, 0.15) is 32.6 Å². The fourth-order valence-corrected chi connectivity index (χ4v) is 1.28. The topological polar surface area (TPSA) is 92.4 Å². The van der Waals surface area contributed by atoms with Crippen LogP contribution in [0.4, 0.5) is 0 Å². The molecule has 2 unspecified atom stereocenters. The lowest BCUT2D eigenvalue weighted by atomic mass is 10.1. The third-order valence-electron chi connectivity index (χ3n) is 2.06. The molecule has 0 aromatic rings. The van der Waals surface area contributed by atoms with E-state index in [0.717, 1.165) is 12.8 Å². The van der Waals surface area contributed by atoms with Crippen LogP contribution in [-0.2, 0) is 9.59 Å². The second-order valence-corrected chi connectivity index (χ2v) is 3.62. The Balaban J connectivity index is 4.10. The highest BCUT2D eigenvalue weighted by atomic mass is 16.4. The minimum Gasteiger partial charge on any atom is -0.480 e. The van der Waals surface area contributed by atoms with E-state index in [1.807, 2.05) is 6.92 Å². The summed E-state index contributed by atoms with van der Waals surface area (Å²) in [6.07, 6.45) is 6.73. The first-order chi connectivity index (χ1) is 7.51. The number of aliphatic carboxylic acids is 1. The van der Waals surface area contributed by atoms with Gasteiger partial charge in [-0.15, -0.1) is 12.3 Å². The summed E-state index contributed by atoms with van der Waals surface area (Å²) in [5.41, 5.74) is 5.66. The first-order valence-electron chi connectivity index (χ1n) is 5.22. The summed E-state index contributed by atoms with van der Waals surface area (Å²) in [5.74, 6) is 0.705. The SMILES string of the molecule is C#CCC(NC(=O)CC(N)CCC)C(=O)O. The average Bonchev–Trinajstić information content (AvgIpc) is 2.16. The molecule has 0 spiro atoms. The van der Waals surface area contributed by atoms with Crippen molar-refractivity contribution in [3.05, 3.63) is 0 Å². The second-order valence-electron chi connectivity index (χ2n) is 3.62. The Hall–Kier alpha value is -1.54. The zero-order valence-electron chi connectivity index (χ0n) is 9.40.